The number of aromatic nitrogens is 1. The zero-order chi connectivity index (χ0) is 11.2. The number of nitrogens with one attached hydrogen (secondary N) is 2. The molecule has 17 heavy (non-hydrogen) atoms. The number of fused-ring (bicyclic) bond motifs is 1. The Labute approximate surface area is 107 Å². The van der Waals surface area contributed by atoms with Crippen LogP contribution < -0.4 is 10.6 Å². The standard InChI is InChI=1S/C13H15N3.ClH/c1-14-7-3-8-16-13-5-2-4-11-10-15-9-6-12(11)13;/h2-6,8-10,14,16H,7H2,1H3;1H. The second-order valence-corrected chi connectivity index (χ2v) is 3.51. The van der Waals surface area contributed by atoms with Gasteiger partial charge in [0.05, 0.1) is 0 Å². The lowest BCUT2D eigenvalue weighted by Crippen LogP contribution is -2.04. The highest BCUT2D eigenvalue weighted by atomic mass is 35.5. The molecular weight excluding hydrogens is 234 g/mol. The zero-order valence-corrected chi connectivity index (χ0v) is 10.5. The molecule has 1 aromatic heterocycles. The Morgan fingerprint density at radius 1 is 1.29 bits per heavy atom. The van der Waals surface area contributed by atoms with Crippen LogP contribution in [0, 0.1) is 0 Å². The number of rotatable bonds is 4. The van der Waals surface area contributed by atoms with E-state index in [9.17, 15) is 0 Å². The quantitative estimate of drug-likeness (QED) is 0.875. The fourth-order valence-electron chi connectivity index (χ4n) is 1.57. The maximum Gasteiger partial charge on any atom is 0.0460 e. The molecule has 2 N–H and O–H groups in total. The van der Waals surface area contributed by atoms with Crippen LogP contribution in [-0.4, -0.2) is 18.6 Å². The zero-order valence-electron chi connectivity index (χ0n) is 9.68. The third-order valence-corrected chi connectivity index (χ3v) is 2.36. The predicted molar refractivity (Wildman–Crippen MR) is 75.7 cm³/mol. The summed E-state index contributed by atoms with van der Waals surface area (Å²) >= 11 is 0. The lowest BCUT2D eigenvalue weighted by atomic mass is 10.1. The number of hydrogen-bond donors (Lipinski definition) is 2. The highest BCUT2D eigenvalue weighted by Gasteiger charge is 1.97. The molecular formula is C13H16ClN3. The summed E-state index contributed by atoms with van der Waals surface area (Å²) in [5.41, 5.74) is 1.10. The van der Waals surface area contributed by atoms with Crippen LogP contribution in [0.15, 0.2) is 48.9 Å². The largest absolute Gasteiger partial charge is 0.361 e. The number of anilines is 1. The molecule has 0 saturated heterocycles. The molecule has 0 amide bonds. The van der Waals surface area contributed by atoms with E-state index < -0.39 is 0 Å². The molecule has 2 aromatic rings. The van der Waals surface area contributed by atoms with Crippen LogP contribution >= 0.6 is 12.4 Å². The van der Waals surface area contributed by atoms with Gasteiger partial charge >= 0.3 is 0 Å². The molecule has 0 aliphatic carbocycles. The van der Waals surface area contributed by atoms with E-state index in [0.717, 1.165) is 17.6 Å². The van der Waals surface area contributed by atoms with Gasteiger partial charge in [-0.1, -0.05) is 18.2 Å². The third kappa shape index (κ3) is 3.44. The molecule has 0 saturated carbocycles. The number of likely N-dealkylation sites (N-methyl/N-ethyl adjacent to an activating group) is 1. The fraction of sp³-hybridized carbons (Fsp3) is 0.154. The Morgan fingerprint density at radius 3 is 3.00 bits per heavy atom. The van der Waals surface area contributed by atoms with Crippen LogP contribution in [0.25, 0.3) is 10.8 Å². The average Bonchev–Trinajstić information content (AvgIpc) is 2.35. The van der Waals surface area contributed by atoms with Gasteiger partial charge < -0.3 is 10.6 Å². The molecule has 0 unspecified atom stereocenters. The van der Waals surface area contributed by atoms with Crippen molar-refractivity contribution in [2.24, 2.45) is 0 Å². The summed E-state index contributed by atoms with van der Waals surface area (Å²) in [6.45, 7) is 0.860. The molecule has 4 heteroatoms. The van der Waals surface area contributed by atoms with Crippen molar-refractivity contribution in [2.75, 3.05) is 18.9 Å². The Balaban J connectivity index is 0.00000144. The molecule has 0 spiro atoms. The first-order valence-corrected chi connectivity index (χ1v) is 5.30. The molecule has 0 bridgehead atoms. The predicted octanol–water partition coefficient (Wildman–Crippen LogP) is 2.80. The Morgan fingerprint density at radius 2 is 2.18 bits per heavy atom. The van der Waals surface area contributed by atoms with Gasteiger partial charge in [0.25, 0.3) is 0 Å². The molecule has 0 fully saturated rings. The van der Waals surface area contributed by atoms with Gasteiger partial charge in [0, 0.05) is 35.4 Å². The summed E-state index contributed by atoms with van der Waals surface area (Å²) in [5.74, 6) is 0. The summed E-state index contributed by atoms with van der Waals surface area (Å²) in [4.78, 5) is 4.11. The molecule has 0 atom stereocenters. The average molecular weight is 250 g/mol. The molecule has 1 aromatic carbocycles. The van der Waals surface area contributed by atoms with Gasteiger partial charge in [0.2, 0.25) is 0 Å². The van der Waals surface area contributed by atoms with Gasteiger partial charge in [0.15, 0.2) is 0 Å². The second-order valence-electron chi connectivity index (χ2n) is 3.51. The van der Waals surface area contributed by atoms with E-state index in [1.54, 1.807) is 0 Å². The first-order valence-electron chi connectivity index (χ1n) is 5.30. The Hall–Kier alpha value is -1.58. The monoisotopic (exact) mass is 249 g/mol. The normalized spacial score (nSPS) is 10.4. The molecule has 3 nitrogen and oxygen atoms in total. The smallest absolute Gasteiger partial charge is 0.0460 e. The minimum absolute atomic E-state index is 0. The summed E-state index contributed by atoms with van der Waals surface area (Å²) in [6, 6.07) is 8.17. The lowest BCUT2D eigenvalue weighted by Gasteiger charge is -2.05. The third-order valence-electron chi connectivity index (χ3n) is 2.36. The molecule has 0 aliphatic heterocycles. The number of halogens is 1. The lowest BCUT2D eigenvalue weighted by molar-refractivity contribution is 0.919. The maximum absolute atomic E-state index is 4.11. The summed E-state index contributed by atoms with van der Waals surface area (Å²) in [7, 11) is 1.92. The van der Waals surface area contributed by atoms with Crippen molar-refractivity contribution in [3.8, 4) is 0 Å². The van der Waals surface area contributed by atoms with E-state index in [-0.39, 0.29) is 12.4 Å². The van der Waals surface area contributed by atoms with Crippen molar-refractivity contribution >= 4 is 28.9 Å². The van der Waals surface area contributed by atoms with E-state index in [1.165, 1.54) is 5.39 Å². The molecule has 1 heterocycles. The van der Waals surface area contributed by atoms with Gasteiger partial charge in [-0.25, -0.2) is 0 Å². The molecule has 0 radical (unpaired) electrons. The van der Waals surface area contributed by atoms with Crippen molar-refractivity contribution in [3.05, 3.63) is 48.9 Å². The van der Waals surface area contributed by atoms with Gasteiger partial charge in [-0.3, -0.25) is 4.98 Å². The van der Waals surface area contributed by atoms with E-state index in [1.807, 2.05) is 43.9 Å². The van der Waals surface area contributed by atoms with E-state index in [4.69, 9.17) is 0 Å². The minimum Gasteiger partial charge on any atom is -0.361 e. The van der Waals surface area contributed by atoms with Crippen molar-refractivity contribution in [1.82, 2.24) is 10.3 Å². The van der Waals surface area contributed by atoms with Gasteiger partial charge in [0.1, 0.15) is 0 Å². The van der Waals surface area contributed by atoms with E-state index in [2.05, 4.69) is 27.8 Å². The minimum atomic E-state index is 0. The molecule has 2 rings (SSSR count). The SMILES string of the molecule is CNCC=CNc1cccc2cnccc12.Cl. The second kappa shape index (κ2) is 6.89. The number of hydrogen-bond acceptors (Lipinski definition) is 3. The first-order chi connectivity index (χ1) is 7.92. The van der Waals surface area contributed by atoms with Crippen LogP contribution in [0.3, 0.4) is 0 Å². The van der Waals surface area contributed by atoms with Crippen LogP contribution in [0.2, 0.25) is 0 Å². The van der Waals surface area contributed by atoms with E-state index >= 15 is 0 Å². The summed E-state index contributed by atoms with van der Waals surface area (Å²) in [5, 5.41) is 8.66. The Kier molecular flexibility index (Phi) is 5.46. The highest BCUT2D eigenvalue weighted by Crippen LogP contribution is 2.21. The molecule has 0 aliphatic rings. The summed E-state index contributed by atoms with van der Waals surface area (Å²) in [6.07, 6.45) is 7.67. The fourth-order valence-corrected chi connectivity index (χ4v) is 1.57. The summed E-state index contributed by atoms with van der Waals surface area (Å²) < 4.78 is 0. The van der Waals surface area contributed by atoms with Crippen LogP contribution in [-0.2, 0) is 0 Å². The van der Waals surface area contributed by atoms with Crippen LogP contribution in [0.4, 0.5) is 5.69 Å². The van der Waals surface area contributed by atoms with E-state index in [0.29, 0.717) is 0 Å². The first kappa shape index (κ1) is 13.5. The highest BCUT2D eigenvalue weighted by molar-refractivity contribution is 5.93. The van der Waals surface area contributed by atoms with Crippen molar-refractivity contribution < 1.29 is 0 Å². The molecule has 90 valence electrons. The van der Waals surface area contributed by atoms with Gasteiger partial charge in [-0.15, -0.1) is 12.4 Å². The number of benzene rings is 1. The van der Waals surface area contributed by atoms with Crippen molar-refractivity contribution in [2.45, 2.75) is 0 Å². The van der Waals surface area contributed by atoms with Crippen LogP contribution in [0.1, 0.15) is 0 Å². The maximum atomic E-state index is 4.11. The van der Waals surface area contributed by atoms with Gasteiger partial charge in [-0.2, -0.15) is 0 Å². The number of nitrogens with zero attached hydrogens (tertiary/aromatic N) is 1. The van der Waals surface area contributed by atoms with Crippen molar-refractivity contribution in [3.63, 3.8) is 0 Å². The topological polar surface area (TPSA) is 37.0 Å². The Bertz CT molecular complexity index is 491. The number of pyridine rings is 1. The van der Waals surface area contributed by atoms with Gasteiger partial charge in [-0.05, 0) is 25.4 Å². The van der Waals surface area contributed by atoms with Crippen molar-refractivity contribution in [1.29, 1.82) is 0 Å². The van der Waals surface area contributed by atoms with Crippen LogP contribution in [0.5, 0.6) is 0 Å².